The van der Waals surface area contributed by atoms with E-state index in [2.05, 4.69) is 141 Å². The van der Waals surface area contributed by atoms with Crippen molar-refractivity contribution in [3.63, 3.8) is 0 Å². The average molecular weight is 1050 g/mol. The number of rotatable bonds is 52. The van der Waals surface area contributed by atoms with E-state index in [9.17, 15) is 19.4 Å². The Bertz CT molecular complexity index is 1660. The summed E-state index contributed by atoms with van der Waals surface area (Å²) >= 11 is 0. The first kappa shape index (κ1) is 70.6. The maximum absolute atomic E-state index is 13.0. The van der Waals surface area contributed by atoms with Crippen LogP contribution in [0.2, 0.25) is 0 Å². The topological polar surface area (TPSA) is 105 Å². The number of phosphoric ester groups is 1. The highest BCUT2D eigenvalue weighted by Gasteiger charge is 2.27. The van der Waals surface area contributed by atoms with Gasteiger partial charge >= 0.3 is 7.82 Å². The van der Waals surface area contributed by atoms with Crippen LogP contribution in [0.1, 0.15) is 219 Å². The van der Waals surface area contributed by atoms with Crippen molar-refractivity contribution in [1.29, 1.82) is 0 Å². The molecule has 0 rings (SSSR count). The molecule has 8 nitrogen and oxygen atoms in total. The molecule has 74 heavy (non-hydrogen) atoms. The van der Waals surface area contributed by atoms with E-state index in [1.165, 1.54) is 77.0 Å². The molecular weight excluding hydrogens is 936 g/mol. The number of unbranched alkanes of at least 4 members (excludes halogenated alkanes) is 19. The van der Waals surface area contributed by atoms with Crippen molar-refractivity contribution in [1.82, 2.24) is 5.32 Å². The molecule has 0 heterocycles. The lowest BCUT2D eigenvalue weighted by atomic mass is 10.0. The number of likely N-dealkylation sites (N-methyl/N-ethyl adjacent to an activating group) is 1. The van der Waals surface area contributed by atoms with E-state index in [1.54, 1.807) is 6.08 Å². The second-order valence-corrected chi connectivity index (χ2v) is 22.1. The number of hydrogen-bond donors (Lipinski definition) is 3. The minimum Gasteiger partial charge on any atom is -0.387 e. The van der Waals surface area contributed by atoms with Crippen molar-refractivity contribution < 1.29 is 32.9 Å². The van der Waals surface area contributed by atoms with Crippen molar-refractivity contribution in [2.45, 2.75) is 231 Å². The second kappa shape index (κ2) is 54.4. The first-order chi connectivity index (χ1) is 36.0. The number of quaternary nitrogens is 1. The molecule has 1 amide bonds. The third kappa shape index (κ3) is 56.4. The Hall–Kier alpha value is -3.36. The number of hydrogen-bond acceptors (Lipinski definition) is 5. The van der Waals surface area contributed by atoms with Crippen molar-refractivity contribution >= 4 is 13.7 Å². The second-order valence-electron chi connectivity index (χ2n) is 20.6. The van der Waals surface area contributed by atoms with Crippen LogP contribution in [-0.4, -0.2) is 73.4 Å². The molecule has 0 aromatic heterocycles. The predicted octanol–water partition coefficient (Wildman–Crippen LogP) is 18.3. The molecule has 3 N–H and O–H groups in total. The molecule has 0 spiro atoms. The van der Waals surface area contributed by atoms with E-state index in [4.69, 9.17) is 9.05 Å². The summed E-state index contributed by atoms with van der Waals surface area (Å²) in [6, 6.07) is -0.864. The van der Waals surface area contributed by atoms with Crippen molar-refractivity contribution in [3.8, 4) is 0 Å². The normalized spacial score (nSPS) is 14.9. The fourth-order valence-corrected chi connectivity index (χ4v) is 8.51. The fraction of sp³-hybridized carbons (Fsp3) is 0.646. The number of amides is 1. The Labute approximate surface area is 456 Å². The maximum Gasteiger partial charge on any atom is 0.472 e. The summed E-state index contributed by atoms with van der Waals surface area (Å²) in [5, 5.41) is 13.9. The number of allylic oxidation sites excluding steroid dienone is 21. The van der Waals surface area contributed by atoms with Crippen LogP contribution in [0.4, 0.5) is 0 Å². The number of carbonyl (C=O) groups excluding carboxylic acids is 1. The van der Waals surface area contributed by atoms with Crippen LogP contribution in [0.3, 0.4) is 0 Å². The number of nitrogens with one attached hydrogen (secondary N) is 1. The maximum atomic E-state index is 13.0. The molecule has 9 heteroatoms. The van der Waals surface area contributed by atoms with Crippen molar-refractivity contribution in [3.05, 3.63) is 134 Å². The summed E-state index contributed by atoms with van der Waals surface area (Å²) in [6.45, 7) is 4.67. The summed E-state index contributed by atoms with van der Waals surface area (Å²) < 4.78 is 23.7. The lowest BCUT2D eigenvalue weighted by molar-refractivity contribution is -0.870. The van der Waals surface area contributed by atoms with Crippen LogP contribution in [-0.2, 0) is 18.4 Å². The van der Waals surface area contributed by atoms with E-state index in [-0.39, 0.29) is 19.1 Å². The summed E-state index contributed by atoms with van der Waals surface area (Å²) in [5.41, 5.74) is 0. The minimum atomic E-state index is -4.36. The van der Waals surface area contributed by atoms with Gasteiger partial charge in [-0.25, -0.2) is 4.57 Å². The molecule has 3 unspecified atom stereocenters. The Morgan fingerprint density at radius 1 is 0.473 bits per heavy atom. The van der Waals surface area contributed by atoms with Crippen LogP contribution >= 0.6 is 7.82 Å². The lowest BCUT2D eigenvalue weighted by Crippen LogP contribution is -2.45. The zero-order valence-corrected chi connectivity index (χ0v) is 48.9. The third-order valence-electron chi connectivity index (χ3n) is 12.4. The monoisotopic (exact) mass is 1050 g/mol. The quantitative estimate of drug-likeness (QED) is 0.0243. The number of phosphoric acid groups is 1. The first-order valence-corrected chi connectivity index (χ1v) is 31.1. The minimum absolute atomic E-state index is 0.0516. The van der Waals surface area contributed by atoms with Gasteiger partial charge < -0.3 is 19.8 Å². The van der Waals surface area contributed by atoms with Gasteiger partial charge in [-0.1, -0.05) is 250 Å². The standard InChI is InChI=1S/C65H111N2O6P/c1-6-8-10-12-14-16-18-20-22-23-24-25-26-27-28-29-30-31-32-33-34-35-36-37-38-39-40-41-42-43-45-47-49-51-53-55-57-59-65(69)66-63(62-73-74(70,71)72-61-60-67(3,4)5)64(68)58-56-54-52-50-48-46-44-21-19-17-15-13-11-9-7-2/h8,10,14,16,20,22,24-25,27-28,30-31,33-34,36-37,39-40,42-43,56,58,63-64,68H,6-7,9,11-13,15,17-19,21,23,26,29,32,35,38,41,44-55,57,59-62H2,1-5H3,(H-,66,69,70,71)/p+1/b10-8-,16-14-,22-20-,25-24-,28-27-,31-30-,34-33-,37-36-,40-39-,43-42-,58-56+. The number of aliphatic hydroxyl groups excluding tert-OH is 1. The molecule has 3 atom stereocenters. The molecule has 0 aromatic rings. The summed E-state index contributed by atoms with van der Waals surface area (Å²) in [7, 11) is 1.54. The van der Waals surface area contributed by atoms with Gasteiger partial charge in [0, 0.05) is 6.42 Å². The van der Waals surface area contributed by atoms with Gasteiger partial charge in [0.2, 0.25) is 5.91 Å². The zero-order chi connectivity index (χ0) is 54.2. The van der Waals surface area contributed by atoms with Crippen LogP contribution in [0, 0.1) is 0 Å². The molecule has 0 bridgehead atoms. The van der Waals surface area contributed by atoms with E-state index < -0.39 is 20.0 Å². The van der Waals surface area contributed by atoms with Gasteiger partial charge in [-0.15, -0.1) is 0 Å². The van der Waals surface area contributed by atoms with Gasteiger partial charge in [0.15, 0.2) is 0 Å². The first-order valence-electron chi connectivity index (χ1n) is 29.6. The van der Waals surface area contributed by atoms with Crippen molar-refractivity contribution in [2.75, 3.05) is 40.9 Å². The van der Waals surface area contributed by atoms with Crippen LogP contribution < -0.4 is 5.32 Å². The van der Waals surface area contributed by atoms with Crippen LogP contribution in [0.15, 0.2) is 134 Å². The molecule has 0 aliphatic heterocycles. The van der Waals surface area contributed by atoms with Crippen LogP contribution in [0.5, 0.6) is 0 Å². The Morgan fingerprint density at radius 3 is 1.19 bits per heavy atom. The van der Waals surface area contributed by atoms with E-state index in [0.29, 0.717) is 17.4 Å². The van der Waals surface area contributed by atoms with Crippen molar-refractivity contribution in [2.24, 2.45) is 0 Å². The molecule has 0 saturated heterocycles. The SMILES string of the molecule is CC/C=C\C/C=C\C/C=C\C/C=C\C/C=C\C/C=C\C/C=C\C/C=C\C/C=C\C/C=C\CCCCCCCCC(=O)NC(COP(=O)(O)OCC[N+](C)(C)C)C(O)/C=C/CCCCCCCCCCCCCCC. The summed E-state index contributed by atoms with van der Waals surface area (Å²) in [5.74, 6) is -0.197. The number of aliphatic hydroxyl groups is 1. The Kier molecular flexibility index (Phi) is 52.0. The summed E-state index contributed by atoms with van der Waals surface area (Å²) in [4.78, 5) is 23.3. The molecule has 0 saturated carbocycles. The molecule has 0 aliphatic rings. The molecule has 422 valence electrons. The summed E-state index contributed by atoms with van der Waals surface area (Å²) in [6.07, 6.45) is 82.6. The Balaban J connectivity index is 4.21. The van der Waals surface area contributed by atoms with E-state index >= 15 is 0 Å². The lowest BCUT2D eigenvalue weighted by Gasteiger charge is -2.25. The van der Waals surface area contributed by atoms with Gasteiger partial charge in [0.25, 0.3) is 0 Å². The smallest absolute Gasteiger partial charge is 0.387 e. The molecule has 0 radical (unpaired) electrons. The highest BCUT2D eigenvalue weighted by Crippen LogP contribution is 2.43. The van der Waals surface area contributed by atoms with Gasteiger partial charge in [-0.2, -0.15) is 0 Å². The highest BCUT2D eigenvalue weighted by molar-refractivity contribution is 7.47. The number of nitrogens with zero attached hydrogens (tertiary/aromatic N) is 1. The van der Waals surface area contributed by atoms with E-state index in [0.717, 1.165) is 122 Å². The molecule has 0 aliphatic carbocycles. The Morgan fingerprint density at radius 2 is 0.811 bits per heavy atom. The van der Waals surface area contributed by atoms with Gasteiger partial charge in [0.1, 0.15) is 13.2 Å². The van der Waals surface area contributed by atoms with Crippen LogP contribution in [0.25, 0.3) is 0 Å². The molecule has 0 fully saturated rings. The third-order valence-corrected chi connectivity index (χ3v) is 13.4. The van der Waals surface area contributed by atoms with Gasteiger partial charge in [-0.3, -0.25) is 13.8 Å². The van der Waals surface area contributed by atoms with Gasteiger partial charge in [0.05, 0.1) is 39.9 Å². The number of carbonyl (C=O) groups is 1. The predicted molar refractivity (Wildman–Crippen MR) is 322 cm³/mol. The zero-order valence-electron chi connectivity index (χ0n) is 48.0. The largest absolute Gasteiger partial charge is 0.472 e. The molecule has 0 aromatic carbocycles. The molecular formula is C65H112N2O6P+. The fourth-order valence-electron chi connectivity index (χ4n) is 7.77. The average Bonchev–Trinajstić information content (AvgIpc) is 3.36. The van der Waals surface area contributed by atoms with E-state index in [1.807, 2.05) is 27.2 Å². The van der Waals surface area contributed by atoms with Gasteiger partial charge in [-0.05, 0) is 96.3 Å². The highest BCUT2D eigenvalue weighted by atomic mass is 31.2.